The summed E-state index contributed by atoms with van der Waals surface area (Å²) >= 11 is 0. The molecule has 0 fully saturated rings. The highest BCUT2D eigenvalue weighted by atomic mass is 16.3. The van der Waals surface area contributed by atoms with Gasteiger partial charge in [0, 0.05) is 32.8 Å². The fourth-order valence-corrected chi connectivity index (χ4v) is 8.27. The average Bonchev–Trinajstić information content (AvgIpc) is 3.83. The molecule has 0 aliphatic carbocycles. The first kappa shape index (κ1) is 31.2. The maximum atomic E-state index is 6.67. The molecule has 3 heteroatoms. The summed E-state index contributed by atoms with van der Waals surface area (Å²) in [6, 6.07) is 71.0. The van der Waals surface area contributed by atoms with Crippen molar-refractivity contribution in [2.75, 3.05) is 4.90 Å². The molecule has 0 spiro atoms. The van der Waals surface area contributed by atoms with Crippen LogP contribution in [0.5, 0.6) is 0 Å². The zero-order chi connectivity index (χ0) is 36.3. The van der Waals surface area contributed by atoms with Crippen molar-refractivity contribution in [3.63, 3.8) is 0 Å². The van der Waals surface area contributed by atoms with Crippen LogP contribution in [-0.2, 0) is 0 Å². The van der Waals surface area contributed by atoms with Crippen LogP contribution >= 0.6 is 0 Å². The second kappa shape index (κ2) is 12.6. The SMILES string of the molecule is c1cc(-c2ccc(N(c3ccccc3-c3ccc4oc5ccccc5c4c3)c3cccc4c3oc3ccccc34)cc2)cc(-c2cccc3ccccc23)c1. The molecule has 2 heterocycles. The van der Waals surface area contributed by atoms with Crippen LogP contribution in [0.3, 0.4) is 0 Å². The van der Waals surface area contributed by atoms with E-state index in [1.54, 1.807) is 0 Å². The Hall–Kier alpha value is -7.36. The molecule has 3 nitrogen and oxygen atoms in total. The number of hydrogen-bond donors (Lipinski definition) is 0. The smallest absolute Gasteiger partial charge is 0.159 e. The molecule has 0 saturated heterocycles. The number of benzene rings is 9. The Labute approximate surface area is 317 Å². The maximum Gasteiger partial charge on any atom is 0.159 e. The van der Waals surface area contributed by atoms with Crippen molar-refractivity contribution >= 4 is 71.7 Å². The van der Waals surface area contributed by atoms with Gasteiger partial charge in [-0.15, -0.1) is 0 Å². The molecule has 0 N–H and O–H groups in total. The Morgan fingerprint density at radius 1 is 0.309 bits per heavy atom. The lowest BCUT2D eigenvalue weighted by atomic mass is 9.95. The molecule has 11 aromatic rings. The fraction of sp³-hybridized carbons (Fsp3) is 0. The van der Waals surface area contributed by atoms with Crippen LogP contribution in [0.15, 0.2) is 209 Å². The van der Waals surface area contributed by atoms with Crippen molar-refractivity contribution in [1.82, 2.24) is 0 Å². The molecule has 0 unspecified atom stereocenters. The third-order valence-corrected chi connectivity index (χ3v) is 10.9. The highest BCUT2D eigenvalue weighted by Gasteiger charge is 2.22. The van der Waals surface area contributed by atoms with Crippen LogP contribution in [-0.4, -0.2) is 0 Å². The van der Waals surface area contributed by atoms with Gasteiger partial charge in [0.25, 0.3) is 0 Å². The van der Waals surface area contributed by atoms with Crippen LogP contribution in [0, 0.1) is 0 Å². The van der Waals surface area contributed by atoms with E-state index in [4.69, 9.17) is 8.83 Å². The molecule has 2 aromatic heterocycles. The standard InChI is InChI=1S/C52H33NO2/c1-2-16-40-35(12-1)13-10-20-41(40)37-15-9-14-36(32-37)34-26-29-39(30-27-34)53(48-23-11-21-45-43-18-4-8-25-50(43)55-52(45)48)47-22-6-3-17-42(47)38-28-31-51-46(33-38)44-19-5-7-24-49(44)54-51/h1-33H. The summed E-state index contributed by atoms with van der Waals surface area (Å²) in [6.45, 7) is 0. The minimum Gasteiger partial charge on any atom is -0.456 e. The Balaban J connectivity index is 1.07. The summed E-state index contributed by atoms with van der Waals surface area (Å²) in [5.41, 5.74) is 13.5. The molecule has 258 valence electrons. The van der Waals surface area contributed by atoms with Crippen LogP contribution in [0.1, 0.15) is 0 Å². The van der Waals surface area contributed by atoms with Gasteiger partial charge in [-0.1, -0.05) is 146 Å². The predicted octanol–water partition coefficient (Wildman–Crippen LogP) is 15.1. The van der Waals surface area contributed by atoms with Crippen LogP contribution in [0.4, 0.5) is 17.1 Å². The van der Waals surface area contributed by atoms with E-state index in [0.29, 0.717) is 0 Å². The van der Waals surface area contributed by atoms with Crippen LogP contribution in [0.2, 0.25) is 0 Å². The lowest BCUT2D eigenvalue weighted by Gasteiger charge is -2.28. The van der Waals surface area contributed by atoms with E-state index in [0.717, 1.165) is 77.6 Å². The van der Waals surface area contributed by atoms with Gasteiger partial charge < -0.3 is 13.7 Å². The van der Waals surface area contributed by atoms with E-state index in [1.165, 1.54) is 27.5 Å². The van der Waals surface area contributed by atoms with Gasteiger partial charge in [-0.3, -0.25) is 0 Å². The van der Waals surface area contributed by atoms with Gasteiger partial charge in [0.2, 0.25) is 0 Å². The second-order valence-electron chi connectivity index (χ2n) is 14.1. The number of fused-ring (bicyclic) bond motifs is 7. The van der Waals surface area contributed by atoms with Crippen molar-refractivity contribution < 1.29 is 8.83 Å². The Bertz CT molecular complexity index is 3220. The van der Waals surface area contributed by atoms with E-state index < -0.39 is 0 Å². The number of rotatable bonds is 6. The van der Waals surface area contributed by atoms with Crippen molar-refractivity contribution in [2.45, 2.75) is 0 Å². The van der Waals surface area contributed by atoms with Crippen molar-refractivity contribution in [3.8, 4) is 33.4 Å². The lowest BCUT2D eigenvalue weighted by Crippen LogP contribution is -2.11. The summed E-state index contributed by atoms with van der Waals surface area (Å²) in [4.78, 5) is 2.34. The van der Waals surface area contributed by atoms with Gasteiger partial charge in [-0.25, -0.2) is 0 Å². The van der Waals surface area contributed by atoms with E-state index in [1.807, 2.05) is 24.3 Å². The van der Waals surface area contributed by atoms with Gasteiger partial charge in [0.15, 0.2) is 5.58 Å². The fourth-order valence-electron chi connectivity index (χ4n) is 8.27. The van der Waals surface area contributed by atoms with E-state index in [-0.39, 0.29) is 0 Å². The average molecular weight is 704 g/mol. The molecular formula is C52H33NO2. The molecule has 0 radical (unpaired) electrons. The first-order valence-corrected chi connectivity index (χ1v) is 18.7. The van der Waals surface area contributed by atoms with E-state index >= 15 is 0 Å². The summed E-state index contributed by atoms with van der Waals surface area (Å²) in [7, 11) is 0. The Morgan fingerprint density at radius 2 is 0.873 bits per heavy atom. The molecule has 0 aliphatic heterocycles. The molecule has 11 rings (SSSR count). The van der Waals surface area contributed by atoms with E-state index in [9.17, 15) is 0 Å². The van der Waals surface area contributed by atoms with Crippen LogP contribution in [0.25, 0.3) is 88.0 Å². The summed E-state index contributed by atoms with van der Waals surface area (Å²) < 4.78 is 12.9. The van der Waals surface area contributed by atoms with Crippen molar-refractivity contribution in [1.29, 1.82) is 0 Å². The number of hydrogen-bond acceptors (Lipinski definition) is 3. The normalized spacial score (nSPS) is 11.6. The van der Waals surface area contributed by atoms with Gasteiger partial charge in [0.05, 0.1) is 11.4 Å². The highest BCUT2D eigenvalue weighted by molar-refractivity contribution is 6.11. The topological polar surface area (TPSA) is 29.5 Å². The van der Waals surface area contributed by atoms with Crippen molar-refractivity contribution in [3.05, 3.63) is 200 Å². The molecule has 0 bridgehead atoms. The molecule has 55 heavy (non-hydrogen) atoms. The van der Waals surface area contributed by atoms with Gasteiger partial charge in [-0.05, 0) is 93.2 Å². The largest absolute Gasteiger partial charge is 0.456 e. The first-order chi connectivity index (χ1) is 27.3. The molecule has 0 saturated carbocycles. The third-order valence-electron chi connectivity index (χ3n) is 10.9. The lowest BCUT2D eigenvalue weighted by molar-refractivity contribution is 0.668. The third kappa shape index (κ3) is 5.20. The second-order valence-corrected chi connectivity index (χ2v) is 14.1. The van der Waals surface area contributed by atoms with Gasteiger partial charge in [-0.2, -0.15) is 0 Å². The van der Waals surface area contributed by atoms with Gasteiger partial charge >= 0.3 is 0 Å². The van der Waals surface area contributed by atoms with Gasteiger partial charge in [0.1, 0.15) is 16.7 Å². The number of nitrogens with zero attached hydrogens (tertiary/aromatic N) is 1. The first-order valence-electron chi connectivity index (χ1n) is 18.7. The number of furan rings is 2. The maximum absolute atomic E-state index is 6.67. The molecule has 0 atom stereocenters. The molecule has 9 aromatic carbocycles. The number of anilines is 3. The Morgan fingerprint density at radius 3 is 1.75 bits per heavy atom. The highest BCUT2D eigenvalue weighted by Crippen LogP contribution is 2.46. The number of para-hydroxylation sites is 4. The molecular weight excluding hydrogens is 671 g/mol. The molecule has 0 amide bonds. The quantitative estimate of drug-likeness (QED) is 0.173. The zero-order valence-electron chi connectivity index (χ0n) is 29.8. The van der Waals surface area contributed by atoms with Crippen LogP contribution < -0.4 is 4.90 Å². The minimum atomic E-state index is 0.849. The summed E-state index contributed by atoms with van der Waals surface area (Å²) in [5, 5.41) is 6.90. The summed E-state index contributed by atoms with van der Waals surface area (Å²) in [6.07, 6.45) is 0. The zero-order valence-corrected chi connectivity index (χ0v) is 29.8. The van der Waals surface area contributed by atoms with Crippen molar-refractivity contribution in [2.24, 2.45) is 0 Å². The summed E-state index contributed by atoms with van der Waals surface area (Å²) in [5.74, 6) is 0. The Kier molecular flexibility index (Phi) is 7.17. The predicted molar refractivity (Wildman–Crippen MR) is 229 cm³/mol. The minimum absolute atomic E-state index is 0.849. The molecule has 0 aliphatic rings. The monoisotopic (exact) mass is 703 g/mol. The van der Waals surface area contributed by atoms with E-state index in [2.05, 4.69) is 181 Å².